The molecular weight excluding hydrogens is 396 g/mol. The maximum Gasteiger partial charge on any atom is 0.257 e. The Hall–Kier alpha value is -3.36. The van der Waals surface area contributed by atoms with Crippen LogP contribution in [0.25, 0.3) is 0 Å². The third-order valence-electron chi connectivity index (χ3n) is 4.59. The zero-order valence-corrected chi connectivity index (χ0v) is 17.7. The van der Waals surface area contributed by atoms with E-state index >= 15 is 0 Å². The van der Waals surface area contributed by atoms with Gasteiger partial charge in [-0.25, -0.2) is 0 Å². The molecule has 2 rings (SSSR count). The van der Waals surface area contributed by atoms with Crippen molar-refractivity contribution in [3.05, 3.63) is 71.8 Å². The fraction of sp³-hybridized carbons (Fsp3) is 0.304. The zero-order chi connectivity index (χ0) is 22.6. The molecule has 0 heterocycles. The van der Waals surface area contributed by atoms with Gasteiger partial charge < -0.3 is 10.6 Å². The van der Waals surface area contributed by atoms with Gasteiger partial charge in [0.1, 0.15) is 0 Å². The molecule has 4 amide bonds. The largest absolute Gasteiger partial charge is 0.306 e. The van der Waals surface area contributed by atoms with E-state index in [9.17, 15) is 19.2 Å². The number of amides is 4. The lowest BCUT2D eigenvalue weighted by Crippen LogP contribution is -2.46. The topological polar surface area (TPSA) is 116 Å². The third kappa shape index (κ3) is 8.12. The van der Waals surface area contributed by atoms with E-state index in [1.54, 1.807) is 74.5 Å². The lowest BCUT2D eigenvalue weighted by molar-refractivity contribution is -0.122. The van der Waals surface area contributed by atoms with Crippen molar-refractivity contribution in [2.24, 2.45) is 0 Å². The van der Waals surface area contributed by atoms with Gasteiger partial charge in [-0.05, 0) is 57.6 Å². The van der Waals surface area contributed by atoms with Crippen molar-refractivity contribution in [1.82, 2.24) is 21.3 Å². The van der Waals surface area contributed by atoms with Crippen LogP contribution < -0.4 is 21.3 Å². The van der Waals surface area contributed by atoms with Crippen LogP contribution in [0.3, 0.4) is 0 Å². The summed E-state index contributed by atoms with van der Waals surface area (Å²) in [6.07, 6.45) is 0.647. The average Bonchev–Trinajstić information content (AvgIpc) is 2.79. The number of hydrogen-bond donors (Lipinski definition) is 4. The highest BCUT2D eigenvalue weighted by Gasteiger charge is 2.17. The predicted octanol–water partition coefficient (Wildman–Crippen LogP) is 1.25. The van der Waals surface area contributed by atoms with Crippen LogP contribution in [0.5, 0.6) is 0 Å². The Bertz CT molecular complexity index is 813. The standard InChI is InChI=1S/C23H28N4O4/c1-16(20(28)26-22(30)18-10-5-3-6-11-18)24-14-9-15-25-17(2)21(29)27-23(31)19-12-7-4-8-13-19/h3-8,10-13,16-17,24-25H,9,14-15H2,1-2H3,(H,26,28,30)(H,27,29,31). The first-order chi connectivity index (χ1) is 14.9. The van der Waals surface area contributed by atoms with Gasteiger partial charge in [-0.1, -0.05) is 36.4 Å². The summed E-state index contributed by atoms with van der Waals surface area (Å²) in [5.41, 5.74) is 0.843. The van der Waals surface area contributed by atoms with Crippen LogP contribution in [0.15, 0.2) is 60.7 Å². The van der Waals surface area contributed by atoms with Gasteiger partial charge in [0, 0.05) is 11.1 Å². The van der Waals surface area contributed by atoms with Crippen LogP contribution in [-0.4, -0.2) is 48.8 Å². The zero-order valence-electron chi connectivity index (χ0n) is 17.7. The second kappa shape index (κ2) is 12.4. The summed E-state index contributed by atoms with van der Waals surface area (Å²) in [7, 11) is 0. The first-order valence-corrected chi connectivity index (χ1v) is 10.2. The van der Waals surface area contributed by atoms with Crippen molar-refractivity contribution in [2.75, 3.05) is 13.1 Å². The highest BCUT2D eigenvalue weighted by molar-refractivity contribution is 6.06. The molecule has 2 atom stereocenters. The molecule has 0 bridgehead atoms. The second-order valence-corrected chi connectivity index (χ2v) is 7.07. The van der Waals surface area contributed by atoms with Crippen molar-refractivity contribution in [3.63, 3.8) is 0 Å². The van der Waals surface area contributed by atoms with Crippen LogP contribution in [0.1, 0.15) is 41.0 Å². The SMILES string of the molecule is CC(NCCCNC(C)C(=O)NC(=O)c1ccccc1)C(=O)NC(=O)c1ccccc1. The first-order valence-electron chi connectivity index (χ1n) is 10.2. The molecule has 8 heteroatoms. The Kier molecular flexibility index (Phi) is 9.54. The van der Waals surface area contributed by atoms with Crippen LogP contribution >= 0.6 is 0 Å². The van der Waals surface area contributed by atoms with E-state index in [1.807, 2.05) is 0 Å². The molecule has 0 saturated carbocycles. The van der Waals surface area contributed by atoms with E-state index in [-0.39, 0.29) is 0 Å². The summed E-state index contributed by atoms with van der Waals surface area (Å²) in [5, 5.41) is 10.8. The Morgan fingerprint density at radius 2 is 1.00 bits per heavy atom. The molecule has 0 aliphatic carbocycles. The molecule has 0 radical (unpaired) electrons. The Morgan fingerprint density at radius 3 is 1.35 bits per heavy atom. The van der Waals surface area contributed by atoms with E-state index in [0.29, 0.717) is 30.6 Å². The summed E-state index contributed by atoms with van der Waals surface area (Å²) in [5.74, 6) is -1.69. The number of nitrogens with one attached hydrogen (secondary N) is 4. The van der Waals surface area contributed by atoms with E-state index in [1.165, 1.54) is 0 Å². The third-order valence-corrected chi connectivity index (χ3v) is 4.59. The van der Waals surface area contributed by atoms with Gasteiger partial charge in [-0.2, -0.15) is 0 Å². The van der Waals surface area contributed by atoms with E-state index in [4.69, 9.17) is 0 Å². The van der Waals surface area contributed by atoms with Gasteiger partial charge in [-0.3, -0.25) is 29.8 Å². The fourth-order valence-corrected chi connectivity index (χ4v) is 2.67. The molecule has 0 aliphatic rings. The van der Waals surface area contributed by atoms with Gasteiger partial charge >= 0.3 is 0 Å². The summed E-state index contributed by atoms with van der Waals surface area (Å²) in [6.45, 7) is 4.37. The van der Waals surface area contributed by atoms with E-state index < -0.39 is 35.7 Å². The minimum absolute atomic E-state index is 0.408. The molecule has 31 heavy (non-hydrogen) atoms. The van der Waals surface area contributed by atoms with Crippen molar-refractivity contribution in [2.45, 2.75) is 32.4 Å². The molecule has 0 fully saturated rings. The smallest absolute Gasteiger partial charge is 0.257 e. The maximum absolute atomic E-state index is 12.1. The molecule has 0 spiro atoms. The van der Waals surface area contributed by atoms with Crippen LogP contribution in [0.4, 0.5) is 0 Å². The normalized spacial score (nSPS) is 12.5. The summed E-state index contributed by atoms with van der Waals surface area (Å²) >= 11 is 0. The quantitative estimate of drug-likeness (QED) is 0.427. The molecular formula is C23H28N4O4. The summed E-state index contributed by atoms with van der Waals surface area (Å²) in [4.78, 5) is 48.2. The van der Waals surface area contributed by atoms with Crippen LogP contribution in [0.2, 0.25) is 0 Å². The lowest BCUT2D eigenvalue weighted by Gasteiger charge is -2.15. The molecule has 8 nitrogen and oxygen atoms in total. The molecule has 0 saturated heterocycles. The first kappa shape index (κ1) is 23.9. The lowest BCUT2D eigenvalue weighted by atomic mass is 10.2. The van der Waals surface area contributed by atoms with Crippen molar-refractivity contribution >= 4 is 23.6 Å². The molecule has 164 valence electrons. The highest BCUT2D eigenvalue weighted by Crippen LogP contribution is 1.99. The number of benzene rings is 2. The van der Waals surface area contributed by atoms with Crippen molar-refractivity contribution in [1.29, 1.82) is 0 Å². The van der Waals surface area contributed by atoms with Crippen molar-refractivity contribution in [3.8, 4) is 0 Å². The molecule has 0 aliphatic heterocycles. The van der Waals surface area contributed by atoms with Crippen molar-refractivity contribution < 1.29 is 19.2 Å². The second-order valence-electron chi connectivity index (χ2n) is 7.07. The Balaban J connectivity index is 1.62. The minimum Gasteiger partial charge on any atom is -0.306 e. The fourth-order valence-electron chi connectivity index (χ4n) is 2.67. The number of carbonyl (C=O) groups is 4. The van der Waals surface area contributed by atoms with Gasteiger partial charge in [0.2, 0.25) is 11.8 Å². The van der Waals surface area contributed by atoms with Gasteiger partial charge in [0.25, 0.3) is 11.8 Å². The molecule has 4 N–H and O–H groups in total. The minimum atomic E-state index is -0.545. The summed E-state index contributed by atoms with van der Waals surface area (Å²) < 4.78 is 0. The van der Waals surface area contributed by atoms with Crippen LogP contribution in [0, 0.1) is 0 Å². The molecule has 0 aromatic heterocycles. The Labute approximate surface area is 181 Å². The van der Waals surface area contributed by atoms with Gasteiger partial charge in [0.15, 0.2) is 0 Å². The Morgan fingerprint density at radius 1 is 0.645 bits per heavy atom. The molecule has 2 unspecified atom stereocenters. The van der Waals surface area contributed by atoms with E-state index in [2.05, 4.69) is 21.3 Å². The molecule has 2 aromatic rings. The van der Waals surface area contributed by atoms with Gasteiger partial charge in [-0.15, -0.1) is 0 Å². The number of hydrogen-bond acceptors (Lipinski definition) is 6. The monoisotopic (exact) mass is 424 g/mol. The van der Waals surface area contributed by atoms with Gasteiger partial charge in [0.05, 0.1) is 12.1 Å². The van der Waals surface area contributed by atoms with E-state index in [0.717, 1.165) is 0 Å². The predicted molar refractivity (Wildman–Crippen MR) is 117 cm³/mol. The number of rotatable bonds is 10. The maximum atomic E-state index is 12.1. The number of imide groups is 2. The van der Waals surface area contributed by atoms with Crippen LogP contribution in [-0.2, 0) is 9.59 Å². The average molecular weight is 425 g/mol. The number of carbonyl (C=O) groups excluding carboxylic acids is 4. The molecule has 2 aromatic carbocycles. The highest BCUT2D eigenvalue weighted by atomic mass is 16.2. The summed E-state index contributed by atoms with van der Waals surface area (Å²) in [6, 6.07) is 16.0.